The maximum absolute atomic E-state index is 12.7. The van der Waals surface area contributed by atoms with Gasteiger partial charge in [-0.25, -0.2) is 8.42 Å². The van der Waals surface area contributed by atoms with E-state index in [4.69, 9.17) is 0 Å². The third kappa shape index (κ3) is 4.34. The molecule has 7 heteroatoms. The molecule has 2 aromatic rings. The van der Waals surface area contributed by atoms with Crippen LogP contribution >= 0.6 is 12.4 Å². The van der Waals surface area contributed by atoms with Gasteiger partial charge in [0.2, 0.25) is 5.91 Å². The van der Waals surface area contributed by atoms with Crippen LogP contribution in [0.4, 0.5) is 0 Å². The number of aryl methyl sites for hydroxylation is 1. The Labute approximate surface area is 178 Å². The zero-order valence-corrected chi connectivity index (χ0v) is 18.2. The molecule has 2 aromatic carbocycles. The molecule has 4 rings (SSSR count). The van der Waals surface area contributed by atoms with Gasteiger partial charge in [0.1, 0.15) is 5.75 Å². The first kappa shape index (κ1) is 21.8. The lowest BCUT2D eigenvalue weighted by molar-refractivity contribution is -0.130. The van der Waals surface area contributed by atoms with Crippen LogP contribution in [-0.2, 0) is 26.6 Å². The number of piperidine rings is 1. The molecule has 2 heterocycles. The average molecular weight is 435 g/mol. The fourth-order valence-corrected chi connectivity index (χ4v) is 5.66. The lowest BCUT2D eigenvalue weighted by Gasteiger charge is -2.45. The highest BCUT2D eigenvalue weighted by atomic mass is 35.5. The number of benzene rings is 2. The van der Waals surface area contributed by atoms with Crippen molar-refractivity contribution in [2.24, 2.45) is 0 Å². The van der Waals surface area contributed by atoms with Crippen LogP contribution in [0.3, 0.4) is 0 Å². The molecule has 2 aliphatic rings. The second kappa shape index (κ2) is 8.46. The molecule has 2 aliphatic heterocycles. The van der Waals surface area contributed by atoms with E-state index in [0.717, 1.165) is 31.5 Å². The van der Waals surface area contributed by atoms with Gasteiger partial charge >= 0.3 is 0 Å². The molecule has 1 amide bonds. The quantitative estimate of drug-likeness (QED) is 0.806. The molecule has 1 N–H and O–H groups in total. The standard InChI is InChI=1S/C22H26N2O3S.ClH/c1-17-6-8-19(9-7-17)28(26,27)15-21(25)24-12-10-22(11-13-24)16-23-14-18-4-2-3-5-20(18)22;/h2-9,23H,10-16H2,1H3;1H. The summed E-state index contributed by atoms with van der Waals surface area (Å²) in [6.07, 6.45) is 1.71. The van der Waals surface area contributed by atoms with Gasteiger partial charge in [0.25, 0.3) is 0 Å². The van der Waals surface area contributed by atoms with Crippen molar-refractivity contribution < 1.29 is 13.2 Å². The number of fused-ring (bicyclic) bond motifs is 2. The van der Waals surface area contributed by atoms with Gasteiger partial charge in [-0.2, -0.15) is 0 Å². The summed E-state index contributed by atoms with van der Waals surface area (Å²) >= 11 is 0. The van der Waals surface area contributed by atoms with E-state index in [-0.39, 0.29) is 28.6 Å². The molecular formula is C22H27ClN2O3S. The van der Waals surface area contributed by atoms with Crippen LogP contribution in [-0.4, -0.2) is 44.6 Å². The highest BCUT2D eigenvalue weighted by molar-refractivity contribution is 7.92. The monoisotopic (exact) mass is 434 g/mol. The fourth-order valence-electron chi connectivity index (χ4n) is 4.44. The molecule has 29 heavy (non-hydrogen) atoms. The molecule has 0 aliphatic carbocycles. The number of hydrogen-bond donors (Lipinski definition) is 1. The SMILES string of the molecule is Cc1ccc(S(=O)(=O)CC(=O)N2CCC3(CC2)CNCc2ccccc23)cc1.Cl. The molecule has 0 saturated carbocycles. The van der Waals surface area contributed by atoms with E-state index in [2.05, 4.69) is 29.6 Å². The normalized spacial score (nSPS) is 18.0. The van der Waals surface area contributed by atoms with Crippen LogP contribution in [0.15, 0.2) is 53.4 Å². The second-order valence-corrected chi connectivity index (χ2v) is 9.98. The first-order valence-corrected chi connectivity index (χ1v) is 11.4. The van der Waals surface area contributed by atoms with Gasteiger partial charge in [-0.3, -0.25) is 4.79 Å². The maximum atomic E-state index is 12.7. The summed E-state index contributed by atoms with van der Waals surface area (Å²) < 4.78 is 25.2. The van der Waals surface area contributed by atoms with E-state index in [9.17, 15) is 13.2 Å². The van der Waals surface area contributed by atoms with Crippen LogP contribution < -0.4 is 5.32 Å². The van der Waals surface area contributed by atoms with Crippen molar-refractivity contribution in [3.63, 3.8) is 0 Å². The van der Waals surface area contributed by atoms with Gasteiger partial charge < -0.3 is 10.2 Å². The first-order valence-electron chi connectivity index (χ1n) is 9.76. The average Bonchev–Trinajstić information content (AvgIpc) is 2.69. The highest BCUT2D eigenvalue weighted by Gasteiger charge is 2.40. The third-order valence-electron chi connectivity index (χ3n) is 6.13. The smallest absolute Gasteiger partial charge is 0.238 e. The molecule has 0 bridgehead atoms. The Morgan fingerprint density at radius 3 is 2.41 bits per heavy atom. The van der Waals surface area contributed by atoms with Gasteiger partial charge in [-0.1, -0.05) is 42.0 Å². The summed E-state index contributed by atoms with van der Waals surface area (Å²) in [5, 5.41) is 3.51. The van der Waals surface area contributed by atoms with Gasteiger partial charge in [-0.15, -0.1) is 12.4 Å². The Kier molecular flexibility index (Phi) is 6.36. The summed E-state index contributed by atoms with van der Waals surface area (Å²) in [4.78, 5) is 14.6. The minimum atomic E-state index is -3.61. The van der Waals surface area contributed by atoms with Crippen molar-refractivity contribution in [2.75, 3.05) is 25.4 Å². The summed E-state index contributed by atoms with van der Waals surface area (Å²) in [5.74, 6) is -0.759. The Hall–Kier alpha value is -1.89. The van der Waals surface area contributed by atoms with E-state index in [1.54, 1.807) is 29.2 Å². The van der Waals surface area contributed by atoms with Crippen molar-refractivity contribution in [1.82, 2.24) is 10.2 Å². The van der Waals surface area contributed by atoms with Gasteiger partial charge in [0.05, 0.1) is 4.90 Å². The molecule has 0 aromatic heterocycles. The summed E-state index contributed by atoms with van der Waals surface area (Å²) in [7, 11) is -3.61. The van der Waals surface area contributed by atoms with Crippen LogP contribution in [0.25, 0.3) is 0 Å². The topological polar surface area (TPSA) is 66.5 Å². The number of nitrogens with zero attached hydrogens (tertiary/aromatic N) is 1. The summed E-state index contributed by atoms with van der Waals surface area (Å²) in [5.41, 5.74) is 3.75. The predicted octanol–water partition coefficient (Wildman–Crippen LogP) is 2.85. The summed E-state index contributed by atoms with van der Waals surface area (Å²) in [6.45, 7) is 4.89. The first-order chi connectivity index (χ1) is 13.4. The van der Waals surface area contributed by atoms with E-state index in [1.165, 1.54) is 11.1 Å². The number of amides is 1. The fraction of sp³-hybridized carbons (Fsp3) is 0.409. The number of halogens is 1. The molecule has 1 spiro atoms. The zero-order valence-electron chi connectivity index (χ0n) is 16.6. The Bertz CT molecular complexity index is 981. The lowest BCUT2D eigenvalue weighted by Crippen LogP contribution is -2.52. The van der Waals surface area contributed by atoms with Crippen molar-refractivity contribution in [2.45, 2.75) is 36.6 Å². The van der Waals surface area contributed by atoms with E-state index in [0.29, 0.717) is 13.1 Å². The number of nitrogens with one attached hydrogen (secondary N) is 1. The molecular weight excluding hydrogens is 408 g/mol. The zero-order chi connectivity index (χ0) is 19.8. The van der Waals surface area contributed by atoms with Gasteiger partial charge in [-0.05, 0) is 43.0 Å². The number of carbonyl (C=O) groups excluding carboxylic acids is 1. The number of rotatable bonds is 3. The van der Waals surface area contributed by atoms with E-state index < -0.39 is 15.6 Å². The van der Waals surface area contributed by atoms with Crippen molar-refractivity contribution >= 4 is 28.2 Å². The number of sulfone groups is 1. The largest absolute Gasteiger partial charge is 0.342 e. The molecule has 0 radical (unpaired) electrons. The number of likely N-dealkylation sites (tertiary alicyclic amines) is 1. The Morgan fingerprint density at radius 2 is 1.72 bits per heavy atom. The van der Waals surface area contributed by atoms with Gasteiger partial charge in [0, 0.05) is 31.6 Å². The lowest BCUT2D eigenvalue weighted by atomic mass is 9.69. The molecule has 5 nitrogen and oxygen atoms in total. The molecule has 1 fully saturated rings. The third-order valence-corrected chi connectivity index (χ3v) is 7.75. The van der Waals surface area contributed by atoms with Crippen LogP contribution in [0.2, 0.25) is 0 Å². The minimum Gasteiger partial charge on any atom is -0.342 e. The van der Waals surface area contributed by atoms with Gasteiger partial charge in [0.15, 0.2) is 9.84 Å². The van der Waals surface area contributed by atoms with E-state index >= 15 is 0 Å². The predicted molar refractivity (Wildman–Crippen MR) is 116 cm³/mol. The number of hydrogen-bond acceptors (Lipinski definition) is 4. The van der Waals surface area contributed by atoms with Crippen LogP contribution in [0.5, 0.6) is 0 Å². The van der Waals surface area contributed by atoms with Crippen LogP contribution in [0, 0.1) is 6.92 Å². The maximum Gasteiger partial charge on any atom is 0.238 e. The van der Waals surface area contributed by atoms with Crippen molar-refractivity contribution in [3.8, 4) is 0 Å². The molecule has 0 unspecified atom stereocenters. The Morgan fingerprint density at radius 1 is 1.07 bits per heavy atom. The highest BCUT2D eigenvalue weighted by Crippen LogP contribution is 2.39. The number of carbonyl (C=O) groups is 1. The summed E-state index contributed by atoms with van der Waals surface area (Å²) in [6, 6.07) is 15.2. The second-order valence-electron chi connectivity index (χ2n) is 7.99. The Balaban J connectivity index is 0.00000240. The van der Waals surface area contributed by atoms with Crippen LogP contribution in [0.1, 0.15) is 29.5 Å². The van der Waals surface area contributed by atoms with Crippen molar-refractivity contribution in [1.29, 1.82) is 0 Å². The van der Waals surface area contributed by atoms with Crippen molar-refractivity contribution in [3.05, 3.63) is 65.2 Å². The molecule has 0 atom stereocenters. The molecule has 156 valence electrons. The molecule has 1 saturated heterocycles. The van der Waals surface area contributed by atoms with E-state index in [1.807, 2.05) is 6.92 Å². The minimum absolute atomic E-state index is 0.